The first-order valence-corrected chi connectivity index (χ1v) is 8.23. The van der Waals surface area contributed by atoms with Crippen molar-refractivity contribution in [3.63, 3.8) is 0 Å². The van der Waals surface area contributed by atoms with E-state index in [0.717, 1.165) is 33.4 Å². The molecule has 118 valence electrons. The van der Waals surface area contributed by atoms with Crippen molar-refractivity contribution < 1.29 is 9.59 Å². The molecule has 1 heterocycles. The molecule has 0 aromatic heterocycles. The molecule has 4 nitrogen and oxygen atoms in total. The van der Waals surface area contributed by atoms with Crippen molar-refractivity contribution in [2.45, 2.75) is 20.3 Å². The third-order valence-corrected chi connectivity index (χ3v) is 4.92. The van der Waals surface area contributed by atoms with Crippen LogP contribution in [0.25, 0.3) is 0 Å². The summed E-state index contributed by atoms with van der Waals surface area (Å²) >= 11 is 3.45. The Morgan fingerprint density at radius 2 is 1.96 bits per heavy atom. The van der Waals surface area contributed by atoms with Crippen LogP contribution in [0.15, 0.2) is 40.9 Å². The number of anilines is 2. The van der Waals surface area contributed by atoms with Gasteiger partial charge in [-0.1, -0.05) is 15.9 Å². The number of amides is 2. The number of rotatable bonds is 2. The third kappa shape index (κ3) is 3.15. The molecular formula is C18H17BrN2O2. The molecule has 0 saturated heterocycles. The highest BCUT2D eigenvalue weighted by atomic mass is 79.9. The summed E-state index contributed by atoms with van der Waals surface area (Å²) in [5.74, 6) is -0.109. The largest absolute Gasteiger partial charge is 0.322 e. The zero-order valence-electron chi connectivity index (χ0n) is 13.0. The Morgan fingerprint density at radius 1 is 1.17 bits per heavy atom. The molecule has 2 aromatic carbocycles. The monoisotopic (exact) mass is 372 g/mol. The maximum atomic E-state index is 12.4. The summed E-state index contributed by atoms with van der Waals surface area (Å²) < 4.78 is 1.01. The molecule has 0 fully saturated rings. The maximum Gasteiger partial charge on any atom is 0.255 e. The number of nitrogens with one attached hydrogen (secondary N) is 1. The second-order valence-electron chi connectivity index (χ2n) is 5.68. The minimum Gasteiger partial charge on any atom is -0.322 e. The van der Waals surface area contributed by atoms with Gasteiger partial charge >= 0.3 is 0 Å². The molecule has 1 aliphatic rings. The van der Waals surface area contributed by atoms with Gasteiger partial charge in [-0.2, -0.15) is 0 Å². The lowest BCUT2D eigenvalue weighted by Gasteiger charge is -2.15. The molecule has 0 aliphatic carbocycles. The summed E-state index contributed by atoms with van der Waals surface area (Å²) in [5.41, 5.74) is 4.39. The van der Waals surface area contributed by atoms with Crippen molar-refractivity contribution in [2.24, 2.45) is 0 Å². The van der Waals surface area contributed by atoms with E-state index < -0.39 is 0 Å². The van der Waals surface area contributed by atoms with Gasteiger partial charge < -0.3 is 10.2 Å². The predicted octanol–water partition coefficient (Wildman–Crippen LogP) is 3.92. The highest BCUT2D eigenvalue weighted by molar-refractivity contribution is 9.10. The van der Waals surface area contributed by atoms with E-state index in [1.807, 2.05) is 37.3 Å². The van der Waals surface area contributed by atoms with E-state index in [2.05, 4.69) is 21.2 Å². The molecule has 0 saturated carbocycles. The zero-order chi connectivity index (χ0) is 16.6. The summed E-state index contributed by atoms with van der Waals surface area (Å²) in [6.07, 6.45) is 0.785. The number of nitrogens with zero attached hydrogens (tertiary/aromatic N) is 1. The second-order valence-corrected chi connectivity index (χ2v) is 6.54. The van der Waals surface area contributed by atoms with Gasteiger partial charge in [0.05, 0.1) is 0 Å². The molecule has 3 rings (SSSR count). The summed E-state index contributed by atoms with van der Waals surface area (Å²) in [4.78, 5) is 25.7. The van der Waals surface area contributed by atoms with Crippen LogP contribution in [0.1, 0.15) is 28.4 Å². The first kappa shape index (κ1) is 15.7. The van der Waals surface area contributed by atoms with Crippen LogP contribution in [0.3, 0.4) is 0 Å². The molecule has 0 bridgehead atoms. The van der Waals surface area contributed by atoms with E-state index in [1.54, 1.807) is 17.9 Å². The Kier molecular flexibility index (Phi) is 4.22. The Morgan fingerprint density at radius 3 is 2.65 bits per heavy atom. The summed E-state index contributed by atoms with van der Waals surface area (Å²) in [6.45, 7) is 4.22. The Bertz CT molecular complexity index is 802. The molecule has 2 amide bonds. The highest BCUT2D eigenvalue weighted by Gasteiger charge is 2.23. The van der Waals surface area contributed by atoms with Gasteiger partial charge in [0.25, 0.3) is 5.91 Å². The van der Waals surface area contributed by atoms with Crippen LogP contribution in [-0.4, -0.2) is 18.4 Å². The molecule has 5 heteroatoms. The SMILES string of the molecule is CC(=O)N1CCc2cc(C(=O)Nc3ccc(Br)c(C)c3)ccc21. The molecule has 0 atom stereocenters. The van der Waals surface area contributed by atoms with Gasteiger partial charge in [-0.25, -0.2) is 0 Å². The molecular weight excluding hydrogens is 356 g/mol. The van der Waals surface area contributed by atoms with Crippen LogP contribution in [-0.2, 0) is 11.2 Å². The number of hydrogen-bond donors (Lipinski definition) is 1. The van der Waals surface area contributed by atoms with Crippen molar-refractivity contribution in [3.05, 3.63) is 57.6 Å². The number of benzene rings is 2. The fourth-order valence-corrected chi connectivity index (χ4v) is 3.04. The van der Waals surface area contributed by atoms with Gasteiger partial charge in [0.2, 0.25) is 5.91 Å². The van der Waals surface area contributed by atoms with E-state index in [-0.39, 0.29) is 11.8 Å². The fraction of sp³-hybridized carbons (Fsp3) is 0.222. The summed E-state index contributed by atoms with van der Waals surface area (Å²) in [6, 6.07) is 11.2. The average molecular weight is 373 g/mol. The summed E-state index contributed by atoms with van der Waals surface area (Å²) in [7, 11) is 0. The Labute approximate surface area is 143 Å². The average Bonchev–Trinajstić information content (AvgIpc) is 2.94. The van der Waals surface area contributed by atoms with E-state index in [4.69, 9.17) is 0 Å². The quantitative estimate of drug-likeness (QED) is 0.868. The van der Waals surface area contributed by atoms with E-state index in [1.165, 1.54) is 0 Å². The standard InChI is InChI=1S/C18H17BrN2O2/c1-11-9-15(4-5-16(11)19)20-18(23)14-3-6-17-13(10-14)7-8-21(17)12(2)22/h3-6,9-10H,7-8H2,1-2H3,(H,20,23). The van der Waals surface area contributed by atoms with E-state index in [0.29, 0.717) is 12.1 Å². The van der Waals surface area contributed by atoms with Crippen LogP contribution in [0.4, 0.5) is 11.4 Å². The molecule has 1 N–H and O–H groups in total. The van der Waals surface area contributed by atoms with Crippen molar-refractivity contribution >= 4 is 39.1 Å². The van der Waals surface area contributed by atoms with E-state index >= 15 is 0 Å². The lowest BCUT2D eigenvalue weighted by molar-refractivity contribution is -0.116. The van der Waals surface area contributed by atoms with Gasteiger partial charge in [-0.05, 0) is 60.9 Å². The van der Waals surface area contributed by atoms with Gasteiger partial charge in [0.1, 0.15) is 0 Å². The minimum absolute atomic E-state index is 0.0336. The topological polar surface area (TPSA) is 49.4 Å². The Balaban J connectivity index is 1.81. The molecule has 0 spiro atoms. The van der Waals surface area contributed by atoms with Gasteiger partial charge in [-0.3, -0.25) is 9.59 Å². The van der Waals surface area contributed by atoms with Crippen LogP contribution in [0, 0.1) is 6.92 Å². The lowest BCUT2D eigenvalue weighted by Crippen LogP contribution is -2.25. The zero-order valence-corrected chi connectivity index (χ0v) is 14.6. The van der Waals surface area contributed by atoms with Crippen molar-refractivity contribution in [1.82, 2.24) is 0 Å². The van der Waals surface area contributed by atoms with E-state index in [9.17, 15) is 9.59 Å². The predicted molar refractivity (Wildman–Crippen MR) is 95.0 cm³/mol. The van der Waals surface area contributed by atoms with Crippen molar-refractivity contribution in [2.75, 3.05) is 16.8 Å². The highest BCUT2D eigenvalue weighted by Crippen LogP contribution is 2.29. The molecule has 0 radical (unpaired) electrons. The summed E-state index contributed by atoms with van der Waals surface area (Å²) in [5, 5.41) is 2.91. The minimum atomic E-state index is -0.143. The smallest absolute Gasteiger partial charge is 0.255 e. The number of carbonyl (C=O) groups excluding carboxylic acids is 2. The van der Waals surface area contributed by atoms with Crippen molar-refractivity contribution in [3.8, 4) is 0 Å². The van der Waals surface area contributed by atoms with Crippen LogP contribution in [0.2, 0.25) is 0 Å². The lowest BCUT2D eigenvalue weighted by atomic mass is 10.1. The van der Waals surface area contributed by atoms with Crippen LogP contribution in [0.5, 0.6) is 0 Å². The number of fused-ring (bicyclic) bond motifs is 1. The molecule has 23 heavy (non-hydrogen) atoms. The normalized spacial score (nSPS) is 12.9. The number of halogens is 1. The van der Waals surface area contributed by atoms with Gasteiger partial charge in [-0.15, -0.1) is 0 Å². The molecule has 2 aromatic rings. The number of carbonyl (C=O) groups is 2. The molecule has 0 unspecified atom stereocenters. The van der Waals surface area contributed by atoms with Gasteiger partial charge in [0.15, 0.2) is 0 Å². The number of aryl methyl sites for hydroxylation is 1. The first-order valence-electron chi connectivity index (χ1n) is 7.44. The fourth-order valence-electron chi connectivity index (χ4n) is 2.80. The third-order valence-electron chi connectivity index (χ3n) is 4.03. The second kappa shape index (κ2) is 6.16. The first-order chi connectivity index (χ1) is 11.0. The van der Waals surface area contributed by atoms with Crippen LogP contribution < -0.4 is 10.2 Å². The van der Waals surface area contributed by atoms with Crippen LogP contribution >= 0.6 is 15.9 Å². The van der Waals surface area contributed by atoms with Gasteiger partial charge in [0, 0.05) is 34.9 Å². The van der Waals surface area contributed by atoms with Crippen molar-refractivity contribution in [1.29, 1.82) is 0 Å². The molecule has 1 aliphatic heterocycles. The maximum absolute atomic E-state index is 12.4. The Hall–Kier alpha value is -2.14. The number of hydrogen-bond acceptors (Lipinski definition) is 2.